The Morgan fingerprint density at radius 1 is 1.00 bits per heavy atom. The molecule has 0 bridgehead atoms. The summed E-state index contributed by atoms with van der Waals surface area (Å²) < 4.78 is 5.57. The summed E-state index contributed by atoms with van der Waals surface area (Å²) in [6, 6.07) is 18.4. The zero-order chi connectivity index (χ0) is 18.8. The van der Waals surface area contributed by atoms with Gasteiger partial charge in [0.15, 0.2) is 0 Å². The van der Waals surface area contributed by atoms with Gasteiger partial charge in [-0.25, -0.2) is 0 Å². The lowest BCUT2D eigenvalue weighted by molar-refractivity contribution is 0.104. The molecule has 2 aromatic rings. The molecule has 0 spiro atoms. The molecule has 3 N–H and O–H groups in total. The van der Waals surface area contributed by atoms with Gasteiger partial charge in [-0.05, 0) is 48.9 Å². The highest BCUT2D eigenvalue weighted by atomic mass is 16.5. The number of ether oxygens (including phenoxy) is 1. The molecule has 0 unspecified atom stereocenters. The van der Waals surface area contributed by atoms with Crippen LogP contribution in [0.1, 0.15) is 37.3 Å². The van der Waals surface area contributed by atoms with Crippen LogP contribution in [0.15, 0.2) is 54.6 Å². The van der Waals surface area contributed by atoms with Crippen molar-refractivity contribution >= 4 is 0 Å². The predicted octanol–water partition coefficient (Wildman–Crippen LogP) is 3.13. The van der Waals surface area contributed by atoms with Gasteiger partial charge in [-0.1, -0.05) is 49.4 Å². The van der Waals surface area contributed by atoms with Crippen LogP contribution in [-0.2, 0) is 6.42 Å². The third kappa shape index (κ3) is 7.16. The Bertz CT molecular complexity index is 615. The molecule has 0 amide bonds. The molecule has 0 aromatic heterocycles. The average Bonchev–Trinajstić information content (AvgIpc) is 2.66. The average molecular weight is 357 g/mol. The van der Waals surface area contributed by atoms with Crippen LogP contribution >= 0.6 is 0 Å². The minimum atomic E-state index is -0.542. The molecular formula is C22H31NO3. The van der Waals surface area contributed by atoms with Crippen molar-refractivity contribution in [3.05, 3.63) is 65.7 Å². The van der Waals surface area contributed by atoms with Crippen LogP contribution < -0.4 is 10.1 Å². The summed E-state index contributed by atoms with van der Waals surface area (Å²) in [5, 5.41) is 22.5. The predicted molar refractivity (Wildman–Crippen MR) is 106 cm³/mol. The quantitative estimate of drug-likeness (QED) is 0.578. The van der Waals surface area contributed by atoms with Crippen molar-refractivity contribution in [3.63, 3.8) is 0 Å². The molecule has 4 nitrogen and oxygen atoms in total. The highest BCUT2D eigenvalue weighted by molar-refractivity contribution is 5.25. The van der Waals surface area contributed by atoms with Gasteiger partial charge in [0.2, 0.25) is 0 Å². The Balaban J connectivity index is 1.70. The molecule has 26 heavy (non-hydrogen) atoms. The van der Waals surface area contributed by atoms with E-state index in [0.29, 0.717) is 12.5 Å². The number of hydrogen-bond acceptors (Lipinski definition) is 4. The van der Waals surface area contributed by atoms with Crippen molar-refractivity contribution < 1.29 is 14.9 Å². The second-order valence-corrected chi connectivity index (χ2v) is 6.95. The smallest absolute Gasteiger partial charge is 0.119 e. The van der Waals surface area contributed by atoms with Gasteiger partial charge in [-0.15, -0.1) is 0 Å². The highest BCUT2D eigenvalue weighted by Crippen LogP contribution is 2.19. The molecule has 0 saturated heterocycles. The van der Waals surface area contributed by atoms with Crippen molar-refractivity contribution in [3.8, 4) is 5.75 Å². The van der Waals surface area contributed by atoms with Crippen LogP contribution in [0.4, 0.5) is 0 Å². The maximum Gasteiger partial charge on any atom is 0.119 e. The monoisotopic (exact) mass is 357 g/mol. The van der Waals surface area contributed by atoms with Crippen molar-refractivity contribution in [1.29, 1.82) is 0 Å². The van der Waals surface area contributed by atoms with Crippen molar-refractivity contribution in [2.75, 3.05) is 19.8 Å². The molecule has 0 aliphatic heterocycles. The number of aliphatic hydroxyl groups is 2. The summed E-state index contributed by atoms with van der Waals surface area (Å²) in [6.45, 7) is 5.25. The minimum absolute atomic E-state index is 0.222. The van der Waals surface area contributed by atoms with Gasteiger partial charge in [-0.3, -0.25) is 0 Å². The first-order valence-corrected chi connectivity index (χ1v) is 9.37. The summed E-state index contributed by atoms with van der Waals surface area (Å²) in [5.74, 6) is 1.15. The first kappa shape index (κ1) is 20.4. The number of aliphatic hydroxyl groups excluding tert-OH is 2. The van der Waals surface area contributed by atoms with Gasteiger partial charge in [0, 0.05) is 19.2 Å². The van der Waals surface area contributed by atoms with Gasteiger partial charge in [0.05, 0.1) is 0 Å². The van der Waals surface area contributed by atoms with Crippen molar-refractivity contribution in [1.82, 2.24) is 5.32 Å². The van der Waals surface area contributed by atoms with E-state index < -0.39 is 6.10 Å². The third-order valence-corrected chi connectivity index (χ3v) is 4.54. The summed E-state index contributed by atoms with van der Waals surface area (Å²) in [5.41, 5.74) is 2.52. The van der Waals surface area contributed by atoms with E-state index in [-0.39, 0.29) is 19.3 Å². The normalized spacial score (nSPS) is 14.6. The van der Waals surface area contributed by atoms with Crippen molar-refractivity contribution in [2.45, 2.75) is 44.8 Å². The Morgan fingerprint density at radius 2 is 1.69 bits per heavy atom. The van der Waals surface area contributed by atoms with Gasteiger partial charge >= 0.3 is 0 Å². The standard InChI is InChI=1S/C22H31NO3/c1-17(12-13-24)20-10-8-19(9-11-20)14-18(2)23-15-21(25)16-26-22-6-4-3-5-7-22/h3-11,17-18,21,23-25H,12-16H2,1-2H3/t17-,18+,21-/m0/s1. The molecule has 4 heteroatoms. The lowest BCUT2D eigenvalue weighted by Gasteiger charge is -2.18. The van der Waals surface area contributed by atoms with Crippen LogP contribution in [-0.4, -0.2) is 42.1 Å². The first-order chi connectivity index (χ1) is 12.6. The fourth-order valence-corrected chi connectivity index (χ4v) is 2.87. The molecular weight excluding hydrogens is 326 g/mol. The zero-order valence-electron chi connectivity index (χ0n) is 15.8. The molecule has 142 valence electrons. The van der Waals surface area contributed by atoms with E-state index in [0.717, 1.165) is 18.6 Å². The molecule has 0 fully saturated rings. The molecule has 0 saturated carbocycles. The Morgan fingerprint density at radius 3 is 2.35 bits per heavy atom. The van der Waals surface area contributed by atoms with Gasteiger partial charge in [0.1, 0.15) is 18.5 Å². The second kappa shape index (κ2) is 11.0. The van der Waals surface area contributed by atoms with E-state index in [4.69, 9.17) is 9.84 Å². The summed E-state index contributed by atoms with van der Waals surface area (Å²) >= 11 is 0. The fraction of sp³-hybridized carbons (Fsp3) is 0.455. The Kier molecular flexibility index (Phi) is 8.62. The lowest BCUT2D eigenvalue weighted by Crippen LogP contribution is -2.37. The third-order valence-electron chi connectivity index (χ3n) is 4.54. The molecule has 0 heterocycles. The molecule has 2 rings (SSSR count). The van der Waals surface area contributed by atoms with Crippen LogP contribution in [0.2, 0.25) is 0 Å². The highest BCUT2D eigenvalue weighted by Gasteiger charge is 2.10. The van der Waals surface area contributed by atoms with E-state index in [9.17, 15) is 5.11 Å². The van der Waals surface area contributed by atoms with E-state index >= 15 is 0 Å². The Labute approximate surface area is 156 Å². The van der Waals surface area contributed by atoms with E-state index in [1.54, 1.807) is 0 Å². The molecule has 0 aliphatic carbocycles. The summed E-state index contributed by atoms with van der Waals surface area (Å²) in [7, 11) is 0. The molecule has 2 aromatic carbocycles. The number of para-hydroxylation sites is 1. The largest absolute Gasteiger partial charge is 0.491 e. The second-order valence-electron chi connectivity index (χ2n) is 6.95. The van der Waals surface area contributed by atoms with E-state index in [1.807, 2.05) is 30.3 Å². The van der Waals surface area contributed by atoms with Gasteiger partial charge in [-0.2, -0.15) is 0 Å². The summed E-state index contributed by atoms with van der Waals surface area (Å²) in [6.07, 6.45) is 1.15. The lowest BCUT2D eigenvalue weighted by atomic mass is 9.96. The minimum Gasteiger partial charge on any atom is -0.491 e. The SMILES string of the molecule is C[C@H](Cc1ccc([C@@H](C)CCO)cc1)NC[C@H](O)COc1ccccc1. The molecule has 0 aliphatic rings. The topological polar surface area (TPSA) is 61.7 Å². The molecule has 3 atom stereocenters. The summed E-state index contributed by atoms with van der Waals surface area (Å²) in [4.78, 5) is 0. The maximum absolute atomic E-state index is 10.1. The van der Waals surface area contributed by atoms with Crippen molar-refractivity contribution in [2.24, 2.45) is 0 Å². The fourth-order valence-electron chi connectivity index (χ4n) is 2.87. The zero-order valence-corrected chi connectivity index (χ0v) is 15.8. The number of hydrogen-bond donors (Lipinski definition) is 3. The van der Waals surface area contributed by atoms with E-state index in [1.165, 1.54) is 11.1 Å². The van der Waals surface area contributed by atoms with Gasteiger partial charge < -0.3 is 20.3 Å². The number of benzene rings is 2. The van der Waals surface area contributed by atoms with Crippen LogP contribution in [0.3, 0.4) is 0 Å². The first-order valence-electron chi connectivity index (χ1n) is 9.37. The van der Waals surface area contributed by atoms with Crippen LogP contribution in [0.5, 0.6) is 5.75 Å². The number of rotatable bonds is 11. The molecule has 0 radical (unpaired) electrons. The van der Waals surface area contributed by atoms with Crippen LogP contribution in [0.25, 0.3) is 0 Å². The van der Waals surface area contributed by atoms with Gasteiger partial charge in [0.25, 0.3) is 0 Å². The maximum atomic E-state index is 10.1. The Hall–Kier alpha value is -1.88. The van der Waals surface area contributed by atoms with Crippen LogP contribution in [0, 0.1) is 0 Å². The van der Waals surface area contributed by atoms with E-state index in [2.05, 4.69) is 43.4 Å². The number of nitrogens with one attached hydrogen (secondary N) is 1.